The Morgan fingerprint density at radius 3 is 2.59 bits per heavy atom. The average Bonchev–Trinajstić information content (AvgIpc) is 3.11. The lowest BCUT2D eigenvalue weighted by Crippen LogP contribution is -2.35. The molecule has 6 nitrogen and oxygen atoms in total. The van der Waals surface area contributed by atoms with Crippen molar-refractivity contribution < 1.29 is 22.7 Å². The minimum Gasteiger partial charge on any atom is -0.406 e. The van der Waals surface area contributed by atoms with Crippen LogP contribution in [0, 0.1) is 17.8 Å². The van der Waals surface area contributed by atoms with Gasteiger partial charge in [-0.3, -0.25) is 9.89 Å². The zero-order valence-electron chi connectivity index (χ0n) is 18.5. The van der Waals surface area contributed by atoms with E-state index >= 15 is 0 Å². The molecule has 2 atom stereocenters. The third-order valence-electron chi connectivity index (χ3n) is 6.54. The van der Waals surface area contributed by atoms with E-state index in [1.807, 2.05) is 13.8 Å². The highest BCUT2D eigenvalue weighted by molar-refractivity contribution is 5.92. The van der Waals surface area contributed by atoms with Crippen LogP contribution >= 0.6 is 0 Å². The Labute approximate surface area is 185 Å². The van der Waals surface area contributed by atoms with Crippen molar-refractivity contribution in [3.8, 4) is 5.75 Å². The van der Waals surface area contributed by atoms with Crippen LogP contribution in [0.2, 0.25) is 0 Å². The fourth-order valence-corrected chi connectivity index (χ4v) is 4.71. The van der Waals surface area contributed by atoms with Crippen LogP contribution in [-0.2, 0) is 6.54 Å². The molecular weight excluding hydrogens is 421 g/mol. The molecule has 1 amide bonds. The number of aromatic nitrogens is 2. The zero-order chi connectivity index (χ0) is 23.0. The van der Waals surface area contributed by atoms with Gasteiger partial charge in [-0.15, -0.1) is 13.2 Å². The number of nitrogens with zero attached hydrogens (tertiary/aromatic N) is 3. The smallest absolute Gasteiger partial charge is 0.406 e. The summed E-state index contributed by atoms with van der Waals surface area (Å²) in [5, 5.41) is 7.06. The number of fused-ring (bicyclic) bond motifs is 1. The summed E-state index contributed by atoms with van der Waals surface area (Å²) >= 11 is 0. The number of carbonyl (C=O) groups is 1. The molecule has 0 spiro atoms. The first-order chi connectivity index (χ1) is 15.1. The van der Waals surface area contributed by atoms with E-state index in [-0.39, 0.29) is 24.1 Å². The van der Waals surface area contributed by atoms with Crippen molar-refractivity contribution in [2.45, 2.75) is 39.6 Å². The van der Waals surface area contributed by atoms with E-state index in [4.69, 9.17) is 0 Å². The second-order valence-corrected chi connectivity index (χ2v) is 9.09. The average molecular weight is 451 g/mol. The number of likely N-dealkylation sites (tertiary alicyclic amines) is 1. The topological polar surface area (TPSA) is 61.5 Å². The summed E-state index contributed by atoms with van der Waals surface area (Å²) in [7, 11) is 0. The van der Waals surface area contributed by atoms with E-state index < -0.39 is 6.36 Å². The van der Waals surface area contributed by atoms with Crippen molar-refractivity contribution in [3.05, 3.63) is 47.3 Å². The number of alkyl halides is 3. The first-order valence-corrected chi connectivity index (χ1v) is 11.1. The first-order valence-electron chi connectivity index (χ1n) is 11.1. The first kappa shape index (κ1) is 22.6. The number of halogens is 3. The molecule has 1 aliphatic heterocycles. The normalized spacial score (nSPS) is 22.8. The van der Waals surface area contributed by atoms with Crippen LogP contribution in [0.4, 0.5) is 13.2 Å². The lowest BCUT2D eigenvalue weighted by molar-refractivity contribution is -0.274. The number of carbonyl (C=O) groups excluding carboxylic acids is 1. The summed E-state index contributed by atoms with van der Waals surface area (Å²) in [6.07, 6.45) is -4.76. The van der Waals surface area contributed by atoms with Gasteiger partial charge in [-0.1, -0.05) is 32.9 Å². The molecule has 0 bridgehead atoms. The number of rotatable bonds is 8. The van der Waals surface area contributed by atoms with E-state index in [9.17, 15) is 18.0 Å². The maximum atomic E-state index is 13.3. The molecule has 4 rings (SSSR count). The summed E-state index contributed by atoms with van der Waals surface area (Å²) < 4.78 is 41.9. The fourth-order valence-electron chi connectivity index (χ4n) is 4.71. The van der Waals surface area contributed by atoms with Gasteiger partial charge in [0.25, 0.3) is 5.91 Å². The van der Waals surface area contributed by atoms with Crippen molar-refractivity contribution in [2.24, 2.45) is 17.8 Å². The SMILES string of the molecule is CCN1CC2C(C1)C2CN(Cc1cccc(OC(F)(F)F)c1)C(=O)c1cc(C(C)C)n[nH]1. The third kappa shape index (κ3) is 5.09. The number of amides is 1. The number of hydrogen-bond donors (Lipinski definition) is 1. The summed E-state index contributed by atoms with van der Waals surface area (Å²) in [5.41, 5.74) is 1.79. The predicted molar refractivity (Wildman–Crippen MR) is 113 cm³/mol. The van der Waals surface area contributed by atoms with Gasteiger partial charge in [-0.05, 0) is 54.0 Å². The van der Waals surface area contributed by atoms with Crippen molar-refractivity contribution in [3.63, 3.8) is 0 Å². The molecule has 2 aromatic rings. The Morgan fingerprint density at radius 2 is 2.00 bits per heavy atom. The number of benzene rings is 1. The minimum atomic E-state index is -4.76. The van der Waals surface area contributed by atoms with Crippen LogP contribution in [0.3, 0.4) is 0 Å². The third-order valence-corrected chi connectivity index (χ3v) is 6.54. The lowest BCUT2D eigenvalue weighted by atomic mass is 10.1. The Balaban J connectivity index is 1.51. The summed E-state index contributed by atoms with van der Waals surface area (Å²) in [6, 6.07) is 7.58. The minimum absolute atomic E-state index is 0.181. The van der Waals surface area contributed by atoms with Gasteiger partial charge in [0.2, 0.25) is 0 Å². The van der Waals surface area contributed by atoms with Crippen LogP contribution in [0.15, 0.2) is 30.3 Å². The number of H-pyrrole nitrogens is 1. The van der Waals surface area contributed by atoms with Crippen LogP contribution in [-0.4, -0.2) is 58.4 Å². The van der Waals surface area contributed by atoms with Crippen LogP contribution < -0.4 is 4.74 Å². The molecule has 1 aromatic carbocycles. The molecule has 9 heteroatoms. The van der Waals surface area contributed by atoms with Gasteiger partial charge in [-0.25, -0.2) is 0 Å². The van der Waals surface area contributed by atoms with Crippen molar-refractivity contribution in [2.75, 3.05) is 26.2 Å². The quantitative estimate of drug-likeness (QED) is 0.653. The van der Waals surface area contributed by atoms with Gasteiger partial charge in [0.05, 0.1) is 5.69 Å². The second-order valence-electron chi connectivity index (χ2n) is 9.09. The molecule has 1 aromatic heterocycles. The largest absolute Gasteiger partial charge is 0.573 e. The molecule has 1 saturated carbocycles. The Kier molecular flexibility index (Phi) is 6.20. The predicted octanol–water partition coefficient (Wildman–Crippen LogP) is 4.27. The number of hydrogen-bond acceptors (Lipinski definition) is 4. The lowest BCUT2D eigenvalue weighted by Gasteiger charge is -2.25. The summed E-state index contributed by atoms with van der Waals surface area (Å²) in [6.45, 7) is 10.0. The van der Waals surface area contributed by atoms with Gasteiger partial charge in [-0.2, -0.15) is 5.10 Å². The summed E-state index contributed by atoms with van der Waals surface area (Å²) in [4.78, 5) is 17.5. The molecule has 1 saturated heterocycles. The Hall–Kier alpha value is -2.55. The maximum Gasteiger partial charge on any atom is 0.573 e. The van der Waals surface area contributed by atoms with Crippen molar-refractivity contribution in [1.82, 2.24) is 20.0 Å². The molecule has 2 unspecified atom stereocenters. The molecule has 2 aliphatic rings. The van der Waals surface area contributed by atoms with E-state index in [1.165, 1.54) is 18.2 Å². The van der Waals surface area contributed by atoms with Gasteiger partial charge in [0, 0.05) is 26.2 Å². The van der Waals surface area contributed by atoms with E-state index in [0.29, 0.717) is 35.6 Å². The van der Waals surface area contributed by atoms with Gasteiger partial charge in [0.1, 0.15) is 11.4 Å². The zero-order valence-corrected chi connectivity index (χ0v) is 18.5. The second kappa shape index (κ2) is 8.77. The highest BCUT2D eigenvalue weighted by Crippen LogP contribution is 2.52. The summed E-state index contributed by atoms with van der Waals surface area (Å²) in [5.74, 6) is 1.29. The monoisotopic (exact) mass is 450 g/mol. The van der Waals surface area contributed by atoms with Gasteiger partial charge < -0.3 is 14.5 Å². The van der Waals surface area contributed by atoms with Crippen LogP contribution in [0.1, 0.15) is 48.4 Å². The van der Waals surface area contributed by atoms with Gasteiger partial charge in [0.15, 0.2) is 0 Å². The van der Waals surface area contributed by atoms with E-state index in [0.717, 1.165) is 25.3 Å². The van der Waals surface area contributed by atoms with Gasteiger partial charge >= 0.3 is 6.36 Å². The van der Waals surface area contributed by atoms with Crippen molar-refractivity contribution >= 4 is 5.91 Å². The number of aromatic amines is 1. The number of piperidine rings is 1. The Morgan fingerprint density at radius 1 is 1.28 bits per heavy atom. The molecule has 32 heavy (non-hydrogen) atoms. The number of nitrogens with one attached hydrogen (secondary N) is 1. The van der Waals surface area contributed by atoms with Crippen LogP contribution in [0.5, 0.6) is 5.75 Å². The van der Waals surface area contributed by atoms with E-state index in [2.05, 4.69) is 26.8 Å². The molecule has 1 N–H and O–H groups in total. The highest BCUT2D eigenvalue weighted by Gasteiger charge is 2.55. The molecule has 174 valence electrons. The molecule has 2 heterocycles. The molecule has 0 radical (unpaired) electrons. The van der Waals surface area contributed by atoms with Crippen LogP contribution in [0.25, 0.3) is 0 Å². The number of ether oxygens (including phenoxy) is 1. The molecule has 2 fully saturated rings. The van der Waals surface area contributed by atoms with E-state index in [1.54, 1.807) is 17.0 Å². The molecule has 1 aliphatic carbocycles. The standard InChI is InChI=1S/C23H29F3N4O2/c1-4-29-11-17-18(12-29)19(17)13-30(22(31)21-9-20(14(2)3)27-28-21)10-15-6-5-7-16(8-15)32-23(24,25)26/h5-9,14,17-19H,4,10-13H2,1-3H3,(H,27,28). The highest BCUT2D eigenvalue weighted by atomic mass is 19.4. The molecular formula is C23H29F3N4O2. The van der Waals surface area contributed by atoms with Crippen molar-refractivity contribution in [1.29, 1.82) is 0 Å². The fraction of sp³-hybridized carbons (Fsp3) is 0.565. The Bertz CT molecular complexity index is 947. The maximum absolute atomic E-state index is 13.3.